The zero-order valence-electron chi connectivity index (χ0n) is 18.4. The number of hydrogen-bond donors (Lipinski definition) is 2. The average Bonchev–Trinajstić information content (AvgIpc) is 2.83. The van der Waals surface area contributed by atoms with Gasteiger partial charge < -0.3 is 10.1 Å². The van der Waals surface area contributed by atoms with E-state index in [1.807, 2.05) is 24.3 Å². The molecular formula is C26H26FN3O3. The Morgan fingerprint density at radius 2 is 1.76 bits per heavy atom. The number of carbonyl (C=O) groups is 2. The topological polar surface area (TPSA) is 79.8 Å². The van der Waals surface area contributed by atoms with Gasteiger partial charge in [0.1, 0.15) is 11.6 Å². The normalized spacial score (nSPS) is 10.7. The van der Waals surface area contributed by atoms with E-state index in [4.69, 9.17) is 4.74 Å². The molecule has 0 aromatic heterocycles. The summed E-state index contributed by atoms with van der Waals surface area (Å²) in [5.74, 6) is -0.860. The third-order valence-corrected chi connectivity index (χ3v) is 4.78. The third-order valence-electron chi connectivity index (χ3n) is 4.78. The third kappa shape index (κ3) is 7.28. The fourth-order valence-electron chi connectivity index (χ4n) is 3.00. The molecule has 0 heterocycles. The van der Waals surface area contributed by atoms with Crippen molar-refractivity contribution >= 4 is 23.7 Å². The number of nitrogens with one attached hydrogen (secondary N) is 2. The van der Waals surface area contributed by atoms with Crippen molar-refractivity contribution in [3.05, 3.63) is 95.3 Å². The molecule has 0 aliphatic heterocycles. The highest BCUT2D eigenvalue weighted by Gasteiger charge is 2.12. The second kappa shape index (κ2) is 12.1. The van der Waals surface area contributed by atoms with Gasteiger partial charge in [-0.05, 0) is 66.6 Å². The Balaban J connectivity index is 1.54. The standard InChI is InChI=1S/C26H26FN3O3/c1-2-3-6-16-33-22-14-12-19(13-15-22)18-28-30-25(31)20-8-7-9-21(17-20)29-26(32)23-10-4-5-11-24(23)27/h4-5,7-15,17-18H,2-3,6,16H2,1H3,(H,29,32)(H,30,31). The quantitative estimate of drug-likeness (QED) is 0.248. The van der Waals surface area contributed by atoms with E-state index in [1.54, 1.807) is 24.3 Å². The lowest BCUT2D eigenvalue weighted by molar-refractivity contribution is 0.0953. The molecular weight excluding hydrogens is 421 g/mol. The summed E-state index contributed by atoms with van der Waals surface area (Å²) in [5, 5.41) is 6.58. The second-order valence-electron chi connectivity index (χ2n) is 7.34. The second-order valence-corrected chi connectivity index (χ2v) is 7.34. The van der Waals surface area contributed by atoms with Crippen LogP contribution >= 0.6 is 0 Å². The number of carbonyl (C=O) groups excluding carboxylic acids is 2. The smallest absolute Gasteiger partial charge is 0.271 e. The molecule has 0 aliphatic carbocycles. The van der Waals surface area contributed by atoms with E-state index >= 15 is 0 Å². The van der Waals surface area contributed by atoms with Gasteiger partial charge in [0.15, 0.2) is 0 Å². The van der Waals surface area contributed by atoms with Crippen molar-refractivity contribution in [3.8, 4) is 5.75 Å². The molecule has 0 atom stereocenters. The Hall–Kier alpha value is -4.00. The molecule has 7 heteroatoms. The number of benzene rings is 3. The molecule has 33 heavy (non-hydrogen) atoms. The highest BCUT2D eigenvalue weighted by atomic mass is 19.1. The van der Waals surface area contributed by atoms with Crippen LogP contribution in [0.1, 0.15) is 52.5 Å². The zero-order chi connectivity index (χ0) is 23.5. The molecule has 2 amide bonds. The molecule has 3 rings (SSSR count). The number of anilines is 1. The van der Waals surface area contributed by atoms with Crippen molar-refractivity contribution in [1.82, 2.24) is 5.43 Å². The van der Waals surface area contributed by atoms with Gasteiger partial charge in [0, 0.05) is 11.3 Å². The Labute approximate surface area is 192 Å². The number of amides is 2. The number of nitrogens with zero attached hydrogens (tertiary/aromatic N) is 1. The van der Waals surface area contributed by atoms with Crippen molar-refractivity contribution in [3.63, 3.8) is 0 Å². The van der Waals surface area contributed by atoms with Gasteiger partial charge in [-0.1, -0.05) is 38.0 Å². The fraction of sp³-hybridized carbons (Fsp3) is 0.192. The fourth-order valence-corrected chi connectivity index (χ4v) is 3.00. The number of hydrogen-bond acceptors (Lipinski definition) is 4. The Morgan fingerprint density at radius 3 is 2.52 bits per heavy atom. The molecule has 170 valence electrons. The van der Waals surface area contributed by atoms with Gasteiger partial charge in [-0.3, -0.25) is 9.59 Å². The van der Waals surface area contributed by atoms with Gasteiger partial charge in [-0.2, -0.15) is 5.10 Å². The largest absolute Gasteiger partial charge is 0.494 e. The molecule has 0 unspecified atom stereocenters. The van der Waals surface area contributed by atoms with Crippen LogP contribution in [0.15, 0.2) is 77.9 Å². The van der Waals surface area contributed by atoms with E-state index in [2.05, 4.69) is 22.8 Å². The van der Waals surface area contributed by atoms with E-state index < -0.39 is 17.6 Å². The summed E-state index contributed by atoms with van der Waals surface area (Å²) < 4.78 is 19.5. The van der Waals surface area contributed by atoms with Gasteiger partial charge >= 0.3 is 0 Å². The number of hydrazone groups is 1. The van der Waals surface area contributed by atoms with Crippen molar-refractivity contribution in [1.29, 1.82) is 0 Å². The van der Waals surface area contributed by atoms with Crippen LogP contribution in [0.25, 0.3) is 0 Å². The summed E-state index contributed by atoms with van der Waals surface area (Å²) in [5.41, 5.74) is 3.86. The van der Waals surface area contributed by atoms with E-state index in [1.165, 1.54) is 30.5 Å². The van der Waals surface area contributed by atoms with E-state index in [0.29, 0.717) is 17.9 Å². The predicted molar refractivity (Wildman–Crippen MR) is 127 cm³/mol. The highest BCUT2D eigenvalue weighted by Crippen LogP contribution is 2.15. The first-order chi connectivity index (χ1) is 16.1. The minimum absolute atomic E-state index is 0.0747. The number of rotatable bonds is 10. The molecule has 0 bridgehead atoms. The summed E-state index contributed by atoms with van der Waals surface area (Å²) >= 11 is 0. The highest BCUT2D eigenvalue weighted by molar-refractivity contribution is 6.05. The molecule has 3 aromatic rings. The monoisotopic (exact) mass is 447 g/mol. The molecule has 0 saturated carbocycles. The lowest BCUT2D eigenvalue weighted by atomic mass is 10.1. The van der Waals surface area contributed by atoms with Crippen LogP contribution < -0.4 is 15.5 Å². The van der Waals surface area contributed by atoms with Gasteiger partial charge in [-0.25, -0.2) is 9.82 Å². The molecule has 3 aromatic carbocycles. The van der Waals surface area contributed by atoms with Crippen molar-refractivity contribution in [2.75, 3.05) is 11.9 Å². The molecule has 0 fully saturated rings. The van der Waals surface area contributed by atoms with Crippen LogP contribution in [0.5, 0.6) is 5.75 Å². The summed E-state index contributed by atoms with van der Waals surface area (Å²) in [6.07, 6.45) is 4.85. The summed E-state index contributed by atoms with van der Waals surface area (Å²) in [4.78, 5) is 24.7. The predicted octanol–water partition coefficient (Wildman–Crippen LogP) is 5.41. The van der Waals surface area contributed by atoms with E-state index in [-0.39, 0.29) is 5.56 Å². The van der Waals surface area contributed by atoms with Crippen LogP contribution in [0.3, 0.4) is 0 Å². The van der Waals surface area contributed by atoms with Gasteiger partial charge in [-0.15, -0.1) is 0 Å². The molecule has 0 saturated heterocycles. The Bertz CT molecular complexity index is 1110. The van der Waals surface area contributed by atoms with Gasteiger partial charge in [0.2, 0.25) is 0 Å². The lowest BCUT2D eigenvalue weighted by Gasteiger charge is -2.08. The summed E-state index contributed by atoms with van der Waals surface area (Å²) in [7, 11) is 0. The number of ether oxygens (including phenoxy) is 1. The molecule has 0 spiro atoms. The van der Waals surface area contributed by atoms with Crippen LogP contribution in [-0.2, 0) is 0 Å². The maximum atomic E-state index is 13.8. The van der Waals surface area contributed by atoms with E-state index in [0.717, 1.165) is 30.6 Å². The first-order valence-electron chi connectivity index (χ1n) is 10.8. The minimum atomic E-state index is -0.616. The van der Waals surface area contributed by atoms with Gasteiger partial charge in [0.05, 0.1) is 18.4 Å². The molecule has 6 nitrogen and oxygen atoms in total. The van der Waals surface area contributed by atoms with E-state index in [9.17, 15) is 14.0 Å². The number of unbranched alkanes of at least 4 members (excludes halogenated alkanes) is 2. The van der Waals surface area contributed by atoms with Crippen molar-refractivity contribution < 1.29 is 18.7 Å². The van der Waals surface area contributed by atoms with Crippen LogP contribution in [0, 0.1) is 5.82 Å². The first kappa shape index (κ1) is 23.7. The molecule has 0 radical (unpaired) electrons. The molecule has 0 aliphatic rings. The maximum absolute atomic E-state index is 13.8. The average molecular weight is 448 g/mol. The number of halogens is 1. The Kier molecular flexibility index (Phi) is 8.71. The Morgan fingerprint density at radius 1 is 0.970 bits per heavy atom. The summed E-state index contributed by atoms with van der Waals surface area (Å²) in [6.45, 7) is 2.84. The first-order valence-corrected chi connectivity index (χ1v) is 10.8. The maximum Gasteiger partial charge on any atom is 0.271 e. The van der Waals surface area contributed by atoms with Crippen molar-refractivity contribution in [2.45, 2.75) is 26.2 Å². The zero-order valence-corrected chi connectivity index (χ0v) is 18.4. The van der Waals surface area contributed by atoms with Crippen LogP contribution in [-0.4, -0.2) is 24.6 Å². The van der Waals surface area contributed by atoms with Crippen molar-refractivity contribution in [2.24, 2.45) is 5.10 Å². The van der Waals surface area contributed by atoms with Crippen LogP contribution in [0.2, 0.25) is 0 Å². The summed E-state index contributed by atoms with van der Waals surface area (Å²) in [6, 6.07) is 19.4. The van der Waals surface area contributed by atoms with Gasteiger partial charge in [0.25, 0.3) is 11.8 Å². The minimum Gasteiger partial charge on any atom is -0.494 e. The SMILES string of the molecule is CCCCCOc1ccc(C=NNC(=O)c2cccc(NC(=O)c3ccccc3F)c2)cc1. The molecule has 2 N–H and O–H groups in total. The van der Waals surface area contributed by atoms with Crippen LogP contribution in [0.4, 0.5) is 10.1 Å². The lowest BCUT2D eigenvalue weighted by Crippen LogP contribution is -2.18.